The van der Waals surface area contributed by atoms with E-state index in [4.69, 9.17) is 16.6 Å². The average Bonchev–Trinajstić information content (AvgIpc) is 3.08. The van der Waals surface area contributed by atoms with Gasteiger partial charge in [-0.1, -0.05) is 12.8 Å². The number of hydrogen-bond acceptors (Lipinski definition) is 5. The minimum atomic E-state index is -0.185. The highest BCUT2D eigenvalue weighted by molar-refractivity contribution is 7.71. The van der Waals surface area contributed by atoms with Gasteiger partial charge in [0.25, 0.3) is 10.7 Å². The Balaban J connectivity index is 1.70. The molecule has 1 saturated carbocycles. The van der Waals surface area contributed by atoms with Crippen LogP contribution in [0.15, 0.2) is 28.7 Å². The van der Waals surface area contributed by atoms with Gasteiger partial charge in [0.1, 0.15) is 0 Å². The normalized spacial score (nSPS) is 20.0. The van der Waals surface area contributed by atoms with Gasteiger partial charge in [0, 0.05) is 24.2 Å². The van der Waals surface area contributed by atoms with E-state index < -0.39 is 0 Å². The second-order valence-electron chi connectivity index (χ2n) is 6.08. The van der Waals surface area contributed by atoms with Crippen LogP contribution in [-0.4, -0.2) is 35.1 Å². The van der Waals surface area contributed by atoms with Crippen LogP contribution < -0.4 is 10.6 Å². The number of hydrogen-bond donors (Lipinski definition) is 3. The lowest BCUT2D eigenvalue weighted by Gasteiger charge is -2.30. The molecule has 0 saturated heterocycles. The summed E-state index contributed by atoms with van der Waals surface area (Å²) in [6.45, 7) is 0. The SMILES string of the molecule is CNC(=O)[C@H]1CCCC[C@@H]1NC(=O)c1ccc(-c2n[nH]c(=S)o2)cc1. The Kier molecular flexibility index (Phi) is 5.28. The van der Waals surface area contributed by atoms with Crippen molar-refractivity contribution in [2.75, 3.05) is 7.05 Å². The van der Waals surface area contributed by atoms with Gasteiger partial charge >= 0.3 is 0 Å². The van der Waals surface area contributed by atoms with Gasteiger partial charge in [0.2, 0.25) is 11.8 Å². The van der Waals surface area contributed by atoms with Crippen molar-refractivity contribution in [3.8, 4) is 11.5 Å². The zero-order chi connectivity index (χ0) is 17.8. The molecule has 0 bridgehead atoms. The first-order valence-electron chi connectivity index (χ1n) is 8.27. The Morgan fingerprint density at radius 3 is 2.60 bits per heavy atom. The van der Waals surface area contributed by atoms with Crippen molar-refractivity contribution in [1.82, 2.24) is 20.8 Å². The summed E-state index contributed by atoms with van der Waals surface area (Å²) in [6.07, 6.45) is 3.64. The van der Waals surface area contributed by atoms with E-state index in [1.54, 1.807) is 31.3 Å². The van der Waals surface area contributed by atoms with Crippen molar-refractivity contribution in [2.45, 2.75) is 31.7 Å². The van der Waals surface area contributed by atoms with Crippen LogP contribution in [-0.2, 0) is 4.79 Å². The quantitative estimate of drug-likeness (QED) is 0.727. The highest BCUT2D eigenvalue weighted by atomic mass is 32.1. The molecule has 8 heteroatoms. The van der Waals surface area contributed by atoms with Crippen LogP contribution in [0.4, 0.5) is 0 Å². The van der Waals surface area contributed by atoms with E-state index in [0.717, 1.165) is 31.2 Å². The maximum absolute atomic E-state index is 12.5. The standard InChI is InChI=1S/C17H20N4O3S/c1-18-15(23)12-4-2-3-5-13(12)19-14(22)10-6-8-11(9-7-10)16-20-21-17(25)24-16/h6-9,12-13H,2-5H2,1H3,(H,18,23)(H,19,22)(H,21,25)/t12-,13-/m0/s1. The zero-order valence-electron chi connectivity index (χ0n) is 13.9. The van der Waals surface area contributed by atoms with Crippen molar-refractivity contribution in [1.29, 1.82) is 0 Å². The Labute approximate surface area is 150 Å². The van der Waals surface area contributed by atoms with Gasteiger partial charge < -0.3 is 15.1 Å². The lowest BCUT2D eigenvalue weighted by molar-refractivity contribution is -0.126. The molecule has 1 aliphatic carbocycles. The fourth-order valence-corrected chi connectivity index (χ4v) is 3.30. The second-order valence-corrected chi connectivity index (χ2v) is 6.45. The minimum absolute atomic E-state index is 0.0137. The van der Waals surface area contributed by atoms with Crippen LogP contribution in [0, 0.1) is 10.8 Å². The van der Waals surface area contributed by atoms with Gasteiger partial charge in [-0.25, -0.2) is 5.10 Å². The molecule has 3 N–H and O–H groups in total. The Morgan fingerprint density at radius 1 is 1.24 bits per heavy atom. The predicted octanol–water partition coefficient (Wildman–Crippen LogP) is 2.43. The molecule has 1 aromatic heterocycles. The number of aromatic amines is 1. The van der Waals surface area contributed by atoms with Crippen LogP contribution >= 0.6 is 12.2 Å². The number of aromatic nitrogens is 2. The smallest absolute Gasteiger partial charge is 0.284 e. The Hall–Kier alpha value is -2.48. The van der Waals surface area contributed by atoms with Gasteiger partial charge in [0.05, 0.1) is 5.92 Å². The molecule has 1 aromatic carbocycles. The molecule has 2 aromatic rings. The van der Waals surface area contributed by atoms with Crippen LogP contribution in [0.5, 0.6) is 0 Å². The fraction of sp³-hybridized carbons (Fsp3) is 0.412. The lowest BCUT2D eigenvalue weighted by Crippen LogP contribution is -2.47. The van der Waals surface area contributed by atoms with Gasteiger partial charge in [-0.3, -0.25) is 9.59 Å². The maximum atomic E-state index is 12.5. The Morgan fingerprint density at radius 2 is 1.96 bits per heavy atom. The van der Waals surface area contributed by atoms with E-state index >= 15 is 0 Å². The molecule has 0 unspecified atom stereocenters. The third-order valence-electron chi connectivity index (χ3n) is 4.50. The summed E-state index contributed by atoms with van der Waals surface area (Å²) in [7, 11) is 1.63. The summed E-state index contributed by atoms with van der Waals surface area (Å²) < 4.78 is 5.25. The molecule has 25 heavy (non-hydrogen) atoms. The molecule has 0 aliphatic heterocycles. The van der Waals surface area contributed by atoms with Crippen LogP contribution in [0.25, 0.3) is 11.5 Å². The van der Waals surface area contributed by atoms with Crippen molar-refractivity contribution >= 4 is 24.0 Å². The highest BCUT2D eigenvalue weighted by Crippen LogP contribution is 2.25. The van der Waals surface area contributed by atoms with Crippen molar-refractivity contribution in [3.63, 3.8) is 0 Å². The van der Waals surface area contributed by atoms with Gasteiger partial charge in [0.15, 0.2) is 0 Å². The molecule has 7 nitrogen and oxygen atoms in total. The molecule has 132 valence electrons. The number of H-pyrrole nitrogens is 1. The summed E-state index contributed by atoms with van der Waals surface area (Å²) in [5.41, 5.74) is 1.25. The summed E-state index contributed by atoms with van der Waals surface area (Å²) in [4.78, 5) is 24.7. The zero-order valence-corrected chi connectivity index (χ0v) is 14.7. The first-order valence-corrected chi connectivity index (χ1v) is 8.67. The number of rotatable bonds is 4. The summed E-state index contributed by atoms with van der Waals surface area (Å²) in [5, 5.41) is 12.2. The van der Waals surface area contributed by atoms with E-state index in [-0.39, 0.29) is 28.6 Å². The monoisotopic (exact) mass is 360 g/mol. The summed E-state index contributed by atoms with van der Waals surface area (Å²) in [5.74, 6) is 0.00899. The van der Waals surface area contributed by atoms with E-state index in [2.05, 4.69) is 20.8 Å². The lowest BCUT2D eigenvalue weighted by atomic mass is 9.83. The largest absolute Gasteiger partial charge is 0.409 e. The molecule has 0 radical (unpaired) electrons. The van der Waals surface area contributed by atoms with E-state index in [1.165, 1.54) is 0 Å². The molecule has 1 aliphatic rings. The highest BCUT2D eigenvalue weighted by Gasteiger charge is 2.31. The van der Waals surface area contributed by atoms with Crippen LogP contribution in [0.2, 0.25) is 0 Å². The second kappa shape index (κ2) is 7.60. The van der Waals surface area contributed by atoms with Gasteiger partial charge in [-0.05, 0) is 49.3 Å². The molecular formula is C17H20N4O3S. The molecule has 1 fully saturated rings. The van der Waals surface area contributed by atoms with E-state index in [1.807, 2.05) is 0 Å². The number of carbonyl (C=O) groups excluding carboxylic acids is 2. The van der Waals surface area contributed by atoms with Crippen LogP contribution in [0.1, 0.15) is 36.0 Å². The molecule has 1 heterocycles. The summed E-state index contributed by atoms with van der Waals surface area (Å²) in [6, 6.07) is 6.77. The van der Waals surface area contributed by atoms with Crippen LogP contribution in [0.3, 0.4) is 0 Å². The molecule has 2 amide bonds. The predicted molar refractivity (Wildman–Crippen MR) is 94.4 cm³/mol. The van der Waals surface area contributed by atoms with E-state index in [0.29, 0.717) is 11.5 Å². The first-order chi connectivity index (χ1) is 12.1. The van der Waals surface area contributed by atoms with Crippen molar-refractivity contribution in [2.24, 2.45) is 5.92 Å². The third kappa shape index (κ3) is 3.96. The van der Waals surface area contributed by atoms with Gasteiger partial charge in [-0.2, -0.15) is 0 Å². The molecule has 3 rings (SSSR count). The number of benzene rings is 1. The fourth-order valence-electron chi connectivity index (χ4n) is 3.17. The topological polar surface area (TPSA) is 100 Å². The molecular weight excluding hydrogens is 340 g/mol. The number of nitrogens with zero attached hydrogens (tertiary/aromatic N) is 1. The minimum Gasteiger partial charge on any atom is -0.409 e. The Bertz CT molecular complexity index is 812. The average molecular weight is 360 g/mol. The third-order valence-corrected chi connectivity index (χ3v) is 4.67. The van der Waals surface area contributed by atoms with Crippen molar-refractivity contribution in [3.05, 3.63) is 34.7 Å². The van der Waals surface area contributed by atoms with E-state index in [9.17, 15) is 9.59 Å². The number of nitrogens with one attached hydrogen (secondary N) is 3. The first kappa shape index (κ1) is 17.3. The molecule has 0 spiro atoms. The van der Waals surface area contributed by atoms with Crippen molar-refractivity contribution < 1.29 is 14.0 Å². The number of amides is 2. The number of carbonyl (C=O) groups is 2. The maximum Gasteiger partial charge on any atom is 0.284 e. The molecule has 2 atom stereocenters. The van der Waals surface area contributed by atoms with Gasteiger partial charge in [-0.15, -0.1) is 5.10 Å². The summed E-state index contributed by atoms with van der Waals surface area (Å²) >= 11 is 4.85.